The lowest BCUT2D eigenvalue weighted by atomic mass is 9.32. The zero-order valence-electron chi connectivity index (χ0n) is 48.1. The molecule has 0 spiro atoms. The number of aliphatic hydroxyl groups is 12. The van der Waals surface area contributed by atoms with E-state index in [0.717, 1.165) is 5.57 Å². The highest BCUT2D eigenvalue weighted by atomic mass is 16.8. The van der Waals surface area contributed by atoms with Crippen molar-refractivity contribution in [2.45, 2.75) is 225 Å². The monoisotopic (exact) mass is 1150 g/mol. The highest BCUT2D eigenvalue weighted by Crippen LogP contribution is 2.76. The van der Waals surface area contributed by atoms with Gasteiger partial charge in [-0.1, -0.05) is 65.3 Å². The molecule has 8 rings (SSSR count). The number of ether oxygens (including phenoxy) is 7. The molecule has 13 N–H and O–H groups in total. The number of fused-ring (bicyclic) bond motifs is 7. The number of hydrogen-bond acceptors (Lipinski definition) is 22. The Hall–Kier alpha value is -2.89. The molecule has 0 radical (unpaired) electrons. The Balaban J connectivity index is 1.15. The van der Waals surface area contributed by atoms with Gasteiger partial charge in [0.05, 0.1) is 50.2 Å². The van der Waals surface area contributed by atoms with Gasteiger partial charge in [0, 0.05) is 28.7 Å². The normalized spacial score (nSPS) is 49.8. The molecule has 4 saturated carbocycles. The standard InChI is InChI=1S/C58H90O23/c1-11-25(3)30(63)19-28-47(81-49(74)26(4)12-2)58(24-62)29(20-53(28,5)6)27-13-14-34-54(7)17-16-35(55(8,23-61)33(54)15-18-56(34,9)57(27,10)45(70)46(58)71)77-52-44(80-51-40(68)38(66)36(64)31(21-59)75-51)42(41(69)43(79-52)48(72)73)78-50-39(67)37(65)32(22-60)76-50/h11-13,28-29,31-47,50-52,59-62,64-71H,14-24H2,1-10H3,(H,72,73)/b25-11-,26-12-/t28-,29?,31?,32?,33?,34?,35-,36+,37?,38?,39?,40-,41-,42?,43?,44-,45-,46+,47-,50?,51-,52+,54-,55+,56+,57-,58-/m0/s1. The van der Waals surface area contributed by atoms with Crippen LogP contribution in [0, 0.1) is 56.2 Å². The van der Waals surface area contributed by atoms with Crippen molar-refractivity contribution in [1.82, 2.24) is 0 Å². The first-order chi connectivity index (χ1) is 37.9. The van der Waals surface area contributed by atoms with Gasteiger partial charge in [0.1, 0.15) is 67.1 Å². The molecule has 0 amide bonds. The van der Waals surface area contributed by atoms with E-state index in [4.69, 9.17) is 33.2 Å². The molecule has 23 heteroatoms. The van der Waals surface area contributed by atoms with Crippen LogP contribution in [0.2, 0.25) is 0 Å². The molecule has 11 unspecified atom stereocenters. The van der Waals surface area contributed by atoms with Gasteiger partial charge in [0.15, 0.2) is 30.8 Å². The van der Waals surface area contributed by atoms with Gasteiger partial charge in [-0.3, -0.25) is 4.79 Å². The first kappa shape index (κ1) is 64.1. The van der Waals surface area contributed by atoms with Crippen LogP contribution in [0.15, 0.2) is 34.9 Å². The van der Waals surface area contributed by atoms with Crippen LogP contribution in [0.3, 0.4) is 0 Å². The van der Waals surface area contributed by atoms with Crippen molar-refractivity contribution >= 4 is 17.7 Å². The molecule has 5 aliphatic carbocycles. The summed E-state index contributed by atoms with van der Waals surface area (Å²) in [5.74, 6) is -4.45. The molecule has 23 nitrogen and oxygen atoms in total. The van der Waals surface area contributed by atoms with E-state index in [9.17, 15) is 80.8 Å². The average Bonchev–Trinajstić information content (AvgIpc) is 1.99. The molecular weight excluding hydrogens is 1060 g/mol. The van der Waals surface area contributed by atoms with E-state index in [0.29, 0.717) is 43.3 Å². The second-order valence-corrected chi connectivity index (χ2v) is 26.3. The third kappa shape index (κ3) is 10.0. The van der Waals surface area contributed by atoms with Crippen molar-refractivity contribution < 1.29 is 114 Å². The molecule has 3 heterocycles. The lowest BCUT2D eigenvalue weighted by Crippen LogP contribution is -2.75. The maximum absolute atomic E-state index is 13.9. The molecule has 8 aliphatic rings. The van der Waals surface area contributed by atoms with Gasteiger partial charge in [-0.25, -0.2) is 9.59 Å². The number of hydrogen-bond donors (Lipinski definition) is 13. The summed E-state index contributed by atoms with van der Waals surface area (Å²) in [4.78, 5) is 40.6. The van der Waals surface area contributed by atoms with Gasteiger partial charge < -0.3 is 99.5 Å². The number of esters is 1. The Kier molecular flexibility index (Phi) is 18.5. The smallest absolute Gasteiger partial charge is 0.335 e. The lowest BCUT2D eigenvalue weighted by Gasteiger charge is -2.73. The minimum atomic E-state index is -2.17. The van der Waals surface area contributed by atoms with Crippen molar-refractivity contribution in [3.63, 3.8) is 0 Å². The topological polar surface area (TPSA) is 379 Å². The largest absolute Gasteiger partial charge is 0.479 e. The van der Waals surface area contributed by atoms with Crippen LogP contribution < -0.4 is 0 Å². The number of carbonyl (C=O) groups excluding carboxylic acids is 2. The minimum absolute atomic E-state index is 0.0386. The summed E-state index contributed by atoms with van der Waals surface area (Å²) in [5.41, 5.74) is -4.47. The second kappa shape index (κ2) is 23.4. The number of carbonyl (C=O) groups is 3. The molecule has 7 fully saturated rings. The highest BCUT2D eigenvalue weighted by Gasteiger charge is 2.76. The summed E-state index contributed by atoms with van der Waals surface area (Å²) >= 11 is 0. The van der Waals surface area contributed by atoms with Crippen LogP contribution in [0.25, 0.3) is 0 Å². The number of aliphatic carboxylic acids is 1. The molecule has 0 aromatic carbocycles. The Morgan fingerprint density at radius 1 is 0.667 bits per heavy atom. The van der Waals surface area contributed by atoms with Crippen LogP contribution >= 0.6 is 0 Å². The van der Waals surface area contributed by atoms with Gasteiger partial charge in [0.2, 0.25) is 0 Å². The summed E-state index contributed by atoms with van der Waals surface area (Å²) in [5, 5.41) is 146. The molecule has 0 aromatic heterocycles. The van der Waals surface area contributed by atoms with E-state index in [1.165, 1.54) is 0 Å². The molecule has 0 aromatic rings. The van der Waals surface area contributed by atoms with Crippen LogP contribution in [0.4, 0.5) is 0 Å². The molecule has 3 aliphatic heterocycles. The Bertz CT molecular complexity index is 2410. The first-order valence-electron chi connectivity index (χ1n) is 28.6. The molecule has 81 heavy (non-hydrogen) atoms. The maximum atomic E-state index is 13.9. The van der Waals surface area contributed by atoms with Gasteiger partial charge in [-0.2, -0.15) is 0 Å². The van der Waals surface area contributed by atoms with Gasteiger partial charge >= 0.3 is 11.9 Å². The number of rotatable bonds is 16. The number of ketones is 1. The fraction of sp³-hybridized carbons (Fsp3) is 0.845. The van der Waals surface area contributed by atoms with E-state index in [1.807, 2.05) is 27.7 Å². The molecule has 27 atom stereocenters. The van der Waals surface area contributed by atoms with E-state index in [-0.39, 0.29) is 30.5 Å². The zero-order chi connectivity index (χ0) is 60.0. The van der Waals surface area contributed by atoms with Crippen LogP contribution in [0.1, 0.15) is 114 Å². The zero-order valence-corrected chi connectivity index (χ0v) is 48.1. The van der Waals surface area contributed by atoms with Crippen molar-refractivity contribution in [2.75, 3.05) is 26.4 Å². The molecular formula is C58H90O23. The number of Topliss-reactive ketones (excluding diaryl/α,β-unsaturated/α-hetero) is 1. The minimum Gasteiger partial charge on any atom is -0.479 e. The number of carboxylic acids is 1. The number of allylic oxidation sites excluding steroid dienone is 4. The highest BCUT2D eigenvalue weighted by molar-refractivity contribution is 5.95. The fourth-order valence-corrected chi connectivity index (χ4v) is 16.7. The molecule has 3 saturated heterocycles. The summed E-state index contributed by atoms with van der Waals surface area (Å²) in [6.45, 7) is 16.1. The van der Waals surface area contributed by atoms with E-state index in [2.05, 4.69) is 19.9 Å². The lowest BCUT2D eigenvalue weighted by molar-refractivity contribution is -0.387. The molecule has 460 valence electrons. The quantitative estimate of drug-likeness (QED) is 0.0415. The third-order valence-corrected chi connectivity index (χ3v) is 22.1. The summed E-state index contributed by atoms with van der Waals surface area (Å²) in [7, 11) is 0. The van der Waals surface area contributed by atoms with E-state index >= 15 is 0 Å². The molecule has 0 bridgehead atoms. The number of aliphatic hydroxyl groups excluding tert-OH is 12. The number of carboxylic acid groups (broad SMARTS) is 1. The van der Waals surface area contributed by atoms with E-state index in [1.54, 1.807) is 39.8 Å². The summed E-state index contributed by atoms with van der Waals surface area (Å²) in [6.07, 6.45) is -23.7. The third-order valence-electron chi connectivity index (χ3n) is 22.1. The first-order valence-corrected chi connectivity index (χ1v) is 28.6. The Labute approximate surface area is 472 Å². The van der Waals surface area contributed by atoms with E-state index < -0.39 is 193 Å². The summed E-state index contributed by atoms with van der Waals surface area (Å²) in [6, 6.07) is 0. The van der Waals surface area contributed by atoms with Gasteiger partial charge in [-0.05, 0) is 106 Å². The van der Waals surface area contributed by atoms with Crippen LogP contribution in [0.5, 0.6) is 0 Å². The van der Waals surface area contributed by atoms with Crippen LogP contribution in [-0.4, -0.2) is 221 Å². The Morgan fingerprint density at radius 3 is 1.80 bits per heavy atom. The van der Waals surface area contributed by atoms with Crippen molar-refractivity contribution in [3.05, 3.63) is 34.9 Å². The maximum Gasteiger partial charge on any atom is 0.335 e. The SMILES string of the molecule is C/C=C(/C)C(=O)C[C@H]1[C@H](OC(=O)/C(C)=C\C)[C@@]2(CO)C(CC1(C)C)C1=CCC3[C@@]4(C)CC[C@H](O[C@@H]5OC(C(=O)O)[C@@H](O)C(OC6OC(CO)C(O)C6O)[C@@H]5O[C@@H]5OC(CO)[C@@H](O)C(O)[C@@H]5O)[C@](C)(CO)C4CC[C@@]3(C)[C@]1(C)[C@@H](O)[C@H]2O. The van der Waals surface area contributed by atoms with Gasteiger partial charge in [-0.15, -0.1) is 0 Å². The van der Waals surface area contributed by atoms with Crippen LogP contribution in [-0.2, 0) is 47.5 Å². The van der Waals surface area contributed by atoms with Crippen molar-refractivity contribution in [3.8, 4) is 0 Å². The van der Waals surface area contributed by atoms with Crippen molar-refractivity contribution in [2.24, 2.45) is 56.2 Å². The average molecular weight is 1160 g/mol. The predicted octanol–water partition coefficient (Wildman–Crippen LogP) is -0.101. The summed E-state index contributed by atoms with van der Waals surface area (Å²) < 4.78 is 42.8. The predicted molar refractivity (Wildman–Crippen MR) is 281 cm³/mol. The van der Waals surface area contributed by atoms with Gasteiger partial charge in [0.25, 0.3) is 0 Å². The van der Waals surface area contributed by atoms with Crippen molar-refractivity contribution in [1.29, 1.82) is 0 Å². The second-order valence-electron chi connectivity index (χ2n) is 26.3. The fourth-order valence-electron chi connectivity index (χ4n) is 16.7. The Morgan fingerprint density at radius 2 is 1.25 bits per heavy atom.